The van der Waals surface area contributed by atoms with Gasteiger partial charge in [-0.3, -0.25) is 14.9 Å². The highest BCUT2D eigenvalue weighted by molar-refractivity contribution is 6.00. The number of carbonyl (C=O) groups is 2. The Morgan fingerprint density at radius 1 is 1.11 bits per heavy atom. The van der Waals surface area contributed by atoms with E-state index in [0.717, 1.165) is 24.3 Å². The number of nitrogens with zero attached hydrogens (tertiary/aromatic N) is 1. The summed E-state index contributed by atoms with van der Waals surface area (Å²) in [6, 6.07) is 4.52. The molecular weight excluding hydrogens is 380 g/mol. The highest BCUT2D eigenvalue weighted by Gasteiger charge is 2.26. The molecule has 148 valence electrons. The van der Waals surface area contributed by atoms with Gasteiger partial charge >= 0.3 is 5.97 Å². The number of hydrogen-bond acceptors (Lipinski definition) is 7. The van der Waals surface area contributed by atoms with E-state index in [1.165, 1.54) is 7.11 Å². The number of carbonyl (C=O) groups excluding carboxylic acids is 2. The summed E-state index contributed by atoms with van der Waals surface area (Å²) < 4.78 is 41.2. The molecule has 0 unspecified atom stereocenters. The van der Waals surface area contributed by atoms with Crippen LogP contribution in [0.1, 0.15) is 27.6 Å². The van der Waals surface area contributed by atoms with Gasteiger partial charge in [0.1, 0.15) is 5.56 Å². The number of halogens is 2. The van der Waals surface area contributed by atoms with Gasteiger partial charge < -0.3 is 14.2 Å². The molecule has 0 atom stereocenters. The molecule has 0 aliphatic rings. The van der Waals surface area contributed by atoms with E-state index >= 15 is 0 Å². The molecule has 2 aromatic carbocycles. The number of esters is 1. The number of rotatable bonds is 8. The summed E-state index contributed by atoms with van der Waals surface area (Å²) in [5.41, 5.74) is -1.27. The predicted molar refractivity (Wildman–Crippen MR) is 91.8 cm³/mol. The van der Waals surface area contributed by atoms with E-state index in [4.69, 9.17) is 14.2 Å². The number of nitro groups is 1. The minimum atomic E-state index is -1.23. The first kappa shape index (κ1) is 20.7. The quantitative estimate of drug-likeness (QED) is 0.292. The smallest absolute Gasteiger partial charge is 0.345 e. The SMILES string of the molecule is CCOc1cc(C(=O)OCC(=O)c2ccc(F)c(F)c2)c([N+](=O)[O-])cc1OC. The first-order valence-corrected chi connectivity index (χ1v) is 7.93. The summed E-state index contributed by atoms with van der Waals surface area (Å²) in [7, 11) is 1.28. The number of ketones is 1. The van der Waals surface area contributed by atoms with Crippen molar-refractivity contribution in [3.63, 3.8) is 0 Å². The normalized spacial score (nSPS) is 10.3. The molecule has 0 fully saturated rings. The molecule has 2 aromatic rings. The molecule has 0 N–H and O–H groups in total. The van der Waals surface area contributed by atoms with Crippen LogP contribution in [0.4, 0.5) is 14.5 Å². The van der Waals surface area contributed by atoms with Gasteiger partial charge in [-0.25, -0.2) is 13.6 Å². The second-order valence-electron chi connectivity index (χ2n) is 5.34. The van der Waals surface area contributed by atoms with Crippen LogP contribution >= 0.6 is 0 Å². The Balaban J connectivity index is 2.24. The van der Waals surface area contributed by atoms with Crippen LogP contribution in [0, 0.1) is 21.7 Å². The number of Topliss-reactive ketones (excluding diaryl/α,β-unsaturated/α-hetero) is 1. The molecule has 0 aromatic heterocycles. The van der Waals surface area contributed by atoms with Gasteiger partial charge in [0.25, 0.3) is 5.69 Å². The standard InChI is InChI=1S/C18H15F2NO7/c1-3-27-17-7-11(14(21(24)25)8-16(17)26-2)18(23)28-9-15(22)10-4-5-12(19)13(20)6-10/h4-8H,3,9H2,1-2H3. The Kier molecular flexibility index (Phi) is 6.59. The van der Waals surface area contributed by atoms with Crippen molar-refractivity contribution in [3.05, 3.63) is 63.2 Å². The Labute approximate surface area is 157 Å². The van der Waals surface area contributed by atoms with Crippen molar-refractivity contribution in [3.8, 4) is 11.5 Å². The maximum absolute atomic E-state index is 13.2. The van der Waals surface area contributed by atoms with E-state index in [2.05, 4.69) is 0 Å². The lowest BCUT2D eigenvalue weighted by molar-refractivity contribution is -0.385. The zero-order valence-corrected chi connectivity index (χ0v) is 14.9. The Hall–Kier alpha value is -3.56. The third-order valence-corrected chi connectivity index (χ3v) is 3.57. The number of benzene rings is 2. The van der Waals surface area contributed by atoms with Gasteiger partial charge in [0.05, 0.1) is 24.7 Å². The monoisotopic (exact) mass is 395 g/mol. The molecule has 0 spiro atoms. The molecule has 0 aliphatic heterocycles. The number of methoxy groups -OCH3 is 1. The highest BCUT2D eigenvalue weighted by atomic mass is 19.2. The maximum atomic E-state index is 13.2. The van der Waals surface area contributed by atoms with Crippen molar-refractivity contribution >= 4 is 17.4 Å². The number of ether oxygens (including phenoxy) is 3. The second-order valence-corrected chi connectivity index (χ2v) is 5.34. The van der Waals surface area contributed by atoms with E-state index in [1.807, 2.05) is 0 Å². The Morgan fingerprint density at radius 3 is 2.39 bits per heavy atom. The third kappa shape index (κ3) is 4.58. The molecule has 0 radical (unpaired) electrons. The van der Waals surface area contributed by atoms with Crippen LogP contribution in [0.15, 0.2) is 30.3 Å². The molecule has 2 rings (SSSR count). The average Bonchev–Trinajstić information content (AvgIpc) is 2.67. The van der Waals surface area contributed by atoms with Crippen LogP contribution in [0.2, 0.25) is 0 Å². The zero-order chi connectivity index (χ0) is 20.8. The molecule has 0 amide bonds. The largest absolute Gasteiger partial charge is 0.493 e. The van der Waals surface area contributed by atoms with Gasteiger partial charge in [-0.2, -0.15) is 0 Å². The number of hydrogen-bond donors (Lipinski definition) is 0. The van der Waals surface area contributed by atoms with Gasteiger partial charge in [0, 0.05) is 11.6 Å². The molecule has 0 saturated heterocycles. The molecule has 28 heavy (non-hydrogen) atoms. The Bertz CT molecular complexity index is 930. The summed E-state index contributed by atoms with van der Waals surface area (Å²) >= 11 is 0. The minimum absolute atomic E-state index is 0.0444. The fraction of sp³-hybridized carbons (Fsp3) is 0.222. The van der Waals surface area contributed by atoms with Crippen LogP contribution in [0.5, 0.6) is 11.5 Å². The summed E-state index contributed by atoms with van der Waals surface area (Å²) in [6.45, 7) is 1.05. The van der Waals surface area contributed by atoms with Crippen molar-refractivity contribution in [1.82, 2.24) is 0 Å². The molecule has 0 heterocycles. The lowest BCUT2D eigenvalue weighted by Crippen LogP contribution is -2.16. The first-order valence-electron chi connectivity index (χ1n) is 7.93. The summed E-state index contributed by atoms with van der Waals surface area (Å²) in [4.78, 5) is 34.7. The van der Waals surface area contributed by atoms with E-state index in [9.17, 15) is 28.5 Å². The molecule has 8 nitrogen and oxygen atoms in total. The molecular formula is C18H15F2NO7. The van der Waals surface area contributed by atoms with Gasteiger partial charge in [0.2, 0.25) is 0 Å². The summed E-state index contributed by atoms with van der Waals surface area (Å²) in [5, 5.41) is 11.2. The van der Waals surface area contributed by atoms with Gasteiger partial charge in [-0.15, -0.1) is 0 Å². The lowest BCUT2D eigenvalue weighted by Gasteiger charge is -2.11. The minimum Gasteiger partial charge on any atom is -0.493 e. The van der Waals surface area contributed by atoms with Crippen LogP contribution in [0.3, 0.4) is 0 Å². The molecule has 0 aliphatic carbocycles. The third-order valence-electron chi connectivity index (χ3n) is 3.57. The lowest BCUT2D eigenvalue weighted by atomic mass is 10.1. The maximum Gasteiger partial charge on any atom is 0.345 e. The summed E-state index contributed by atoms with van der Waals surface area (Å²) in [5.74, 6) is -4.22. The summed E-state index contributed by atoms with van der Waals surface area (Å²) in [6.07, 6.45) is 0. The highest BCUT2D eigenvalue weighted by Crippen LogP contribution is 2.35. The van der Waals surface area contributed by atoms with E-state index in [-0.39, 0.29) is 23.7 Å². The van der Waals surface area contributed by atoms with Gasteiger partial charge in [-0.1, -0.05) is 0 Å². The topological polar surface area (TPSA) is 105 Å². The molecule has 0 bridgehead atoms. The van der Waals surface area contributed by atoms with Crippen molar-refractivity contribution in [2.24, 2.45) is 0 Å². The van der Waals surface area contributed by atoms with Crippen LogP contribution in [0.25, 0.3) is 0 Å². The fourth-order valence-corrected chi connectivity index (χ4v) is 2.25. The predicted octanol–water partition coefficient (Wildman–Crippen LogP) is 3.32. The van der Waals surface area contributed by atoms with Gasteiger partial charge in [-0.05, 0) is 25.1 Å². The van der Waals surface area contributed by atoms with Crippen molar-refractivity contribution in [1.29, 1.82) is 0 Å². The Morgan fingerprint density at radius 2 is 1.82 bits per heavy atom. The molecule has 10 heteroatoms. The van der Waals surface area contributed by atoms with E-state index in [0.29, 0.717) is 6.07 Å². The second kappa shape index (κ2) is 8.89. The van der Waals surface area contributed by atoms with Crippen LogP contribution < -0.4 is 9.47 Å². The van der Waals surface area contributed by atoms with Crippen molar-refractivity contribution in [2.45, 2.75) is 6.92 Å². The number of nitro benzene ring substituents is 1. The fourth-order valence-electron chi connectivity index (χ4n) is 2.25. The zero-order valence-electron chi connectivity index (χ0n) is 14.9. The van der Waals surface area contributed by atoms with E-state index in [1.54, 1.807) is 6.92 Å². The van der Waals surface area contributed by atoms with Gasteiger partial charge in [0.15, 0.2) is 35.5 Å². The van der Waals surface area contributed by atoms with Crippen LogP contribution in [-0.2, 0) is 4.74 Å². The van der Waals surface area contributed by atoms with E-state index < -0.39 is 46.2 Å². The van der Waals surface area contributed by atoms with Crippen molar-refractivity contribution in [2.75, 3.05) is 20.3 Å². The average molecular weight is 395 g/mol. The van der Waals surface area contributed by atoms with Crippen molar-refractivity contribution < 1.29 is 37.5 Å². The van der Waals surface area contributed by atoms with Crippen LogP contribution in [-0.4, -0.2) is 37.0 Å². The molecule has 0 saturated carbocycles. The first-order chi connectivity index (χ1) is 13.3.